The number of nitrogens with zero attached hydrogens (tertiary/aromatic N) is 1. The predicted octanol–water partition coefficient (Wildman–Crippen LogP) is 2.78. The summed E-state index contributed by atoms with van der Waals surface area (Å²) in [6.07, 6.45) is 0. The maximum absolute atomic E-state index is 12.2. The van der Waals surface area contributed by atoms with E-state index in [1.165, 1.54) is 35.4 Å². The Morgan fingerprint density at radius 3 is 2.52 bits per heavy atom. The minimum absolute atomic E-state index is 0.0177. The number of amides is 1. The normalized spacial score (nSPS) is 11.3. The van der Waals surface area contributed by atoms with E-state index >= 15 is 0 Å². The van der Waals surface area contributed by atoms with Crippen molar-refractivity contribution in [2.75, 3.05) is 20.7 Å². The van der Waals surface area contributed by atoms with Crippen molar-refractivity contribution in [1.29, 1.82) is 0 Å². The SMILES string of the molecule is CNS(=O)(=O)c1ccc(Cl)c(C(=O)OCC(=O)N(C)Cc2ccc(Cl)s2)c1. The quantitative estimate of drug-likeness (QED) is 0.654. The Morgan fingerprint density at radius 2 is 1.93 bits per heavy atom. The average Bonchev–Trinajstić information content (AvgIpc) is 3.04. The highest BCUT2D eigenvalue weighted by atomic mass is 35.5. The summed E-state index contributed by atoms with van der Waals surface area (Å²) in [7, 11) is -0.936. The highest BCUT2D eigenvalue weighted by molar-refractivity contribution is 7.89. The Bertz CT molecular complexity index is 959. The molecule has 146 valence electrons. The molecule has 1 aromatic heterocycles. The van der Waals surface area contributed by atoms with Gasteiger partial charge in [0, 0.05) is 11.9 Å². The summed E-state index contributed by atoms with van der Waals surface area (Å²) in [5, 5.41) is 0.0177. The summed E-state index contributed by atoms with van der Waals surface area (Å²) in [6, 6.07) is 7.16. The number of esters is 1. The topological polar surface area (TPSA) is 92.8 Å². The van der Waals surface area contributed by atoms with E-state index in [4.69, 9.17) is 27.9 Å². The first-order valence-electron chi connectivity index (χ1n) is 7.52. The molecule has 0 radical (unpaired) electrons. The Morgan fingerprint density at radius 1 is 1.22 bits per heavy atom. The van der Waals surface area contributed by atoms with Crippen molar-refractivity contribution in [2.45, 2.75) is 11.4 Å². The van der Waals surface area contributed by atoms with Crippen molar-refractivity contribution in [3.8, 4) is 0 Å². The lowest BCUT2D eigenvalue weighted by atomic mass is 10.2. The van der Waals surface area contributed by atoms with Crippen LogP contribution in [0, 0.1) is 0 Å². The Kier molecular flexibility index (Phi) is 7.24. The third-order valence-corrected chi connectivity index (χ3v) is 6.47. The standard InChI is InChI=1S/C16H16Cl2N2O5S2/c1-19-27(23,24)11-4-5-13(17)12(7-11)16(22)25-9-15(21)20(2)8-10-3-6-14(18)26-10/h3-7,19H,8-9H2,1-2H3. The fraction of sp³-hybridized carbons (Fsp3) is 0.250. The molecule has 0 aliphatic rings. The van der Waals surface area contributed by atoms with Crippen LogP contribution in [-0.4, -0.2) is 45.9 Å². The molecule has 27 heavy (non-hydrogen) atoms. The van der Waals surface area contributed by atoms with E-state index in [-0.39, 0.29) is 15.5 Å². The molecule has 0 spiro atoms. The van der Waals surface area contributed by atoms with Gasteiger partial charge in [-0.15, -0.1) is 11.3 Å². The van der Waals surface area contributed by atoms with Gasteiger partial charge in [0.05, 0.1) is 26.4 Å². The second-order valence-corrected chi connectivity index (χ2v) is 9.47. The van der Waals surface area contributed by atoms with E-state index < -0.39 is 28.5 Å². The zero-order valence-electron chi connectivity index (χ0n) is 14.4. The van der Waals surface area contributed by atoms with Crippen LogP contribution >= 0.6 is 34.5 Å². The van der Waals surface area contributed by atoms with E-state index in [1.807, 2.05) is 0 Å². The average molecular weight is 451 g/mol. The molecule has 0 saturated carbocycles. The van der Waals surface area contributed by atoms with Gasteiger partial charge in [-0.3, -0.25) is 4.79 Å². The van der Waals surface area contributed by atoms with Crippen LogP contribution in [0.4, 0.5) is 0 Å². The molecule has 11 heteroatoms. The van der Waals surface area contributed by atoms with Gasteiger partial charge in [-0.1, -0.05) is 23.2 Å². The fourth-order valence-electron chi connectivity index (χ4n) is 2.02. The van der Waals surface area contributed by atoms with E-state index in [0.717, 1.165) is 10.9 Å². The number of nitrogens with one attached hydrogen (secondary N) is 1. The Balaban J connectivity index is 2.02. The molecule has 2 aromatic rings. The summed E-state index contributed by atoms with van der Waals surface area (Å²) < 4.78 is 31.4. The highest BCUT2D eigenvalue weighted by Gasteiger charge is 2.20. The molecule has 1 heterocycles. The number of sulfonamides is 1. The van der Waals surface area contributed by atoms with Gasteiger partial charge in [-0.25, -0.2) is 17.9 Å². The largest absolute Gasteiger partial charge is 0.452 e. The predicted molar refractivity (Wildman–Crippen MR) is 104 cm³/mol. The number of halogens is 2. The zero-order chi connectivity index (χ0) is 20.2. The summed E-state index contributed by atoms with van der Waals surface area (Å²) in [4.78, 5) is 26.5. The molecule has 0 atom stereocenters. The van der Waals surface area contributed by atoms with Crippen LogP contribution in [0.5, 0.6) is 0 Å². The Labute approximate surface area is 170 Å². The lowest BCUT2D eigenvalue weighted by molar-refractivity contribution is -0.133. The van der Waals surface area contributed by atoms with Crippen molar-refractivity contribution in [2.24, 2.45) is 0 Å². The molecular formula is C16H16Cl2N2O5S2. The number of benzene rings is 1. The van der Waals surface area contributed by atoms with E-state index in [9.17, 15) is 18.0 Å². The molecule has 2 rings (SSSR count). The maximum atomic E-state index is 12.2. The molecule has 0 unspecified atom stereocenters. The number of ether oxygens (including phenoxy) is 1. The molecular weight excluding hydrogens is 435 g/mol. The van der Waals surface area contributed by atoms with Crippen LogP contribution in [-0.2, 0) is 26.1 Å². The third kappa shape index (κ3) is 5.66. The first-order chi connectivity index (χ1) is 12.6. The van der Waals surface area contributed by atoms with E-state index in [2.05, 4.69) is 4.72 Å². The molecule has 0 aliphatic heterocycles. The summed E-state index contributed by atoms with van der Waals surface area (Å²) in [5.74, 6) is -1.32. The number of hydrogen-bond acceptors (Lipinski definition) is 6. The van der Waals surface area contributed by atoms with Crippen molar-refractivity contribution in [3.05, 3.63) is 50.1 Å². The number of thiophene rings is 1. The van der Waals surface area contributed by atoms with E-state index in [1.54, 1.807) is 19.2 Å². The lowest BCUT2D eigenvalue weighted by Crippen LogP contribution is -2.30. The Hall–Kier alpha value is -1.65. The second kappa shape index (κ2) is 9.03. The first-order valence-corrected chi connectivity index (χ1v) is 10.6. The minimum Gasteiger partial charge on any atom is -0.452 e. The molecule has 1 N–H and O–H groups in total. The van der Waals surface area contributed by atoms with Gasteiger partial charge in [-0.05, 0) is 37.4 Å². The monoisotopic (exact) mass is 450 g/mol. The first kappa shape index (κ1) is 21.6. The lowest BCUT2D eigenvalue weighted by Gasteiger charge is -2.16. The summed E-state index contributed by atoms with van der Waals surface area (Å²) >= 11 is 13.1. The number of likely N-dealkylation sites (N-methyl/N-ethyl adjacent to an activating group) is 1. The number of carbonyl (C=O) groups is 2. The van der Waals surface area contributed by atoms with Gasteiger partial charge in [-0.2, -0.15) is 0 Å². The van der Waals surface area contributed by atoms with Gasteiger partial charge in [0.1, 0.15) is 0 Å². The van der Waals surface area contributed by atoms with Crippen molar-refractivity contribution in [1.82, 2.24) is 9.62 Å². The molecule has 1 aromatic carbocycles. The third-order valence-electron chi connectivity index (χ3n) is 3.51. The number of rotatable bonds is 7. The van der Waals surface area contributed by atoms with Crippen LogP contribution in [0.15, 0.2) is 35.2 Å². The second-order valence-electron chi connectivity index (χ2n) is 5.38. The number of hydrogen-bond donors (Lipinski definition) is 1. The molecule has 0 aliphatic carbocycles. The van der Waals surface area contributed by atoms with Crippen LogP contribution in [0.25, 0.3) is 0 Å². The smallest absolute Gasteiger partial charge is 0.340 e. The van der Waals surface area contributed by atoms with Crippen molar-refractivity contribution < 1.29 is 22.7 Å². The summed E-state index contributed by atoms with van der Waals surface area (Å²) in [6.45, 7) is -0.182. The summed E-state index contributed by atoms with van der Waals surface area (Å²) in [5.41, 5.74) is -0.145. The van der Waals surface area contributed by atoms with Crippen LogP contribution in [0.2, 0.25) is 9.36 Å². The van der Waals surface area contributed by atoms with Gasteiger partial charge >= 0.3 is 5.97 Å². The van der Waals surface area contributed by atoms with Crippen molar-refractivity contribution >= 4 is 56.4 Å². The number of carbonyl (C=O) groups excluding carboxylic acids is 2. The van der Waals surface area contributed by atoms with Crippen LogP contribution < -0.4 is 4.72 Å². The molecule has 7 nitrogen and oxygen atoms in total. The van der Waals surface area contributed by atoms with Gasteiger partial charge in [0.2, 0.25) is 10.0 Å². The van der Waals surface area contributed by atoms with Crippen LogP contribution in [0.1, 0.15) is 15.2 Å². The minimum atomic E-state index is -3.75. The van der Waals surface area contributed by atoms with Gasteiger partial charge in [0.25, 0.3) is 5.91 Å². The zero-order valence-corrected chi connectivity index (χ0v) is 17.5. The van der Waals surface area contributed by atoms with Gasteiger partial charge in [0.15, 0.2) is 6.61 Å². The fourth-order valence-corrected chi connectivity index (χ4v) is 4.11. The maximum Gasteiger partial charge on any atom is 0.340 e. The highest BCUT2D eigenvalue weighted by Crippen LogP contribution is 2.23. The van der Waals surface area contributed by atoms with Crippen LogP contribution in [0.3, 0.4) is 0 Å². The van der Waals surface area contributed by atoms with E-state index in [0.29, 0.717) is 10.9 Å². The molecule has 0 fully saturated rings. The van der Waals surface area contributed by atoms with Gasteiger partial charge < -0.3 is 9.64 Å². The molecule has 0 saturated heterocycles. The van der Waals surface area contributed by atoms with Crippen molar-refractivity contribution in [3.63, 3.8) is 0 Å². The molecule has 1 amide bonds. The molecule has 0 bridgehead atoms.